The van der Waals surface area contributed by atoms with Gasteiger partial charge in [0.15, 0.2) is 0 Å². The summed E-state index contributed by atoms with van der Waals surface area (Å²) in [5, 5.41) is 8.46. The number of hydrogen-bond donors (Lipinski definition) is 0. The number of likely N-dealkylation sites (tertiary alicyclic amines) is 1. The van der Waals surface area contributed by atoms with E-state index in [0.717, 1.165) is 12.1 Å². The molecule has 1 aliphatic heterocycles. The first-order valence-corrected chi connectivity index (χ1v) is 7.73. The van der Waals surface area contributed by atoms with Crippen LogP contribution < -0.4 is 4.74 Å². The Labute approximate surface area is 128 Å². The van der Waals surface area contributed by atoms with Crippen LogP contribution in [0, 0.1) is 0 Å². The smallest absolute Gasteiger partial charge is 0.410 e. The average Bonchev–Trinajstić information content (AvgIpc) is 3.08. The molecule has 6 nitrogen and oxygen atoms in total. The van der Waals surface area contributed by atoms with Crippen molar-refractivity contribution in [1.29, 1.82) is 0 Å². The number of para-hydroxylation sites is 1. The monoisotopic (exact) mass is 298 g/mol. The molecule has 1 aliphatic carbocycles. The number of nitrogens with zero attached hydrogens (tertiary/aromatic N) is 4. The molecule has 0 bridgehead atoms. The lowest BCUT2D eigenvalue weighted by atomic mass is 10.2. The molecule has 1 saturated carbocycles. The summed E-state index contributed by atoms with van der Waals surface area (Å²) >= 11 is 0. The van der Waals surface area contributed by atoms with Crippen LogP contribution in [0.1, 0.15) is 36.9 Å². The number of benzene rings is 1. The number of rotatable bonds is 3. The van der Waals surface area contributed by atoms with Gasteiger partial charge in [-0.1, -0.05) is 23.4 Å². The van der Waals surface area contributed by atoms with Crippen molar-refractivity contribution in [3.63, 3.8) is 0 Å². The zero-order valence-electron chi connectivity index (χ0n) is 12.3. The molecule has 1 aromatic heterocycles. The number of carbonyl (C=O) groups excluding carboxylic acids is 1. The van der Waals surface area contributed by atoms with E-state index in [1.165, 1.54) is 12.8 Å². The van der Waals surface area contributed by atoms with Crippen LogP contribution in [0.25, 0.3) is 0 Å². The molecule has 22 heavy (non-hydrogen) atoms. The van der Waals surface area contributed by atoms with Gasteiger partial charge in [0.1, 0.15) is 5.75 Å². The molecule has 2 aromatic rings. The molecule has 2 heterocycles. The summed E-state index contributed by atoms with van der Waals surface area (Å²) in [4.78, 5) is 13.9. The second kappa shape index (κ2) is 5.44. The van der Waals surface area contributed by atoms with Crippen LogP contribution in [0.3, 0.4) is 0 Å². The molecule has 4 rings (SSSR count). The van der Waals surface area contributed by atoms with Crippen LogP contribution in [0.15, 0.2) is 36.5 Å². The van der Waals surface area contributed by atoms with Gasteiger partial charge in [-0.2, -0.15) is 0 Å². The Balaban J connectivity index is 1.37. The van der Waals surface area contributed by atoms with Gasteiger partial charge in [-0.15, -0.1) is 5.10 Å². The Kier molecular flexibility index (Phi) is 3.29. The summed E-state index contributed by atoms with van der Waals surface area (Å²) in [5.41, 5.74) is 1.09. The quantitative estimate of drug-likeness (QED) is 0.874. The van der Waals surface area contributed by atoms with E-state index in [1.807, 2.05) is 29.1 Å². The summed E-state index contributed by atoms with van der Waals surface area (Å²) < 4.78 is 7.28. The van der Waals surface area contributed by atoms with Crippen molar-refractivity contribution >= 4 is 6.09 Å². The predicted octanol–water partition coefficient (Wildman–Crippen LogP) is 2.60. The highest BCUT2D eigenvalue weighted by Crippen LogP contribution is 2.39. The van der Waals surface area contributed by atoms with Gasteiger partial charge >= 0.3 is 6.09 Å². The Morgan fingerprint density at radius 2 is 2.00 bits per heavy atom. The van der Waals surface area contributed by atoms with Gasteiger partial charge in [-0.05, 0) is 31.4 Å². The second-order valence-corrected chi connectivity index (χ2v) is 5.97. The van der Waals surface area contributed by atoms with E-state index in [9.17, 15) is 4.79 Å². The number of ether oxygens (including phenoxy) is 1. The van der Waals surface area contributed by atoms with Gasteiger partial charge in [0.25, 0.3) is 0 Å². The Morgan fingerprint density at radius 3 is 2.77 bits per heavy atom. The first kappa shape index (κ1) is 13.3. The SMILES string of the molecule is O=C(Oc1ccccc1)N1CCC(n2cc(C3CC3)nn2)C1. The highest BCUT2D eigenvalue weighted by molar-refractivity contribution is 5.71. The van der Waals surface area contributed by atoms with Crippen molar-refractivity contribution < 1.29 is 9.53 Å². The lowest BCUT2D eigenvalue weighted by Crippen LogP contribution is -2.31. The lowest BCUT2D eigenvalue weighted by Gasteiger charge is -2.16. The first-order valence-electron chi connectivity index (χ1n) is 7.73. The number of hydrogen-bond acceptors (Lipinski definition) is 4. The van der Waals surface area contributed by atoms with Crippen LogP contribution in [-0.2, 0) is 0 Å². The maximum Gasteiger partial charge on any atom is 0.415 e. The standard InChI is InChI=1S/C16H18N4O2/c21-16(22-14-4-2-1-3-5-14)19-9-8-13(10-19)20-11-15(17-18-20)12-6-7-12/h1-5,11-13H,6-10H2. The van der Waals surface area contributed by atoms with Crippen LogP contribution in [0.4, 0.5) is 4.79 Å². The van der Waals surface area contributed by atoms with E-state index in [2.05, 4.69) is 10.3 Å². The van der Waals surface area contributed by atoms with Crippen molar-refractivity contribution in [1.82, 2.24) is 19.9 Å². The summed E-state index contributed by atoms with van der Waals surface area (Å²) in [5.74, 6) is 1.18. The Hall–Kier alpha value is -2.37. The minimum Gasteiger partial charge on any atom is -0.410 e. The van der Waals surface area contributed by atoms with E-state index in [4.69, 9.17) is 4.74 Å². The van der Waals surface area contributed by atoms with E-state index < -0.39 is 0 Å². The fourth-order valence-corrected chi connectivity index (χ4v) is 2.81. The Morgan fingerprint density at radius 1 is 1.18 bits per heavy atom. The van der Waals surface area contributed by atoms with Crippen molar-refractivity contribution in [2.45, 2.75) is 31.2 Å². The van der Waals surface area contributed by atoms with Gasteiger partial charge in [0.05, 0.1) is 11.7 Å². The minimum absolute atomic E-state index is 0.198. The fraction of sp³-hybridized carbons (Fsp3) is 0.438. The molecular formula is C16H18N4O2. The Bertz CT molecular complexity index is 666. The highest BCUT2D eigenvalue weighted by atomic mass is 16.6. The fourth-order valence-electron chi connectivity index (χ4n) is 2.81. The van der Waals surface area contributed by atoms with Gasteiger partial charge in [0, 0.05) is 25.2 Å². The maximum absolute atomic E-state index is 12.2. The van der Waals surface area contributed by atoms with Gasteiger partial charge in [0.2, 0.25) is 0 Å². The van der Waals surface area contributed by atoms with Gasteiger partial charge < -0.3 is 9.64 Å². The summed E-state index contributed by atoms with van der Waals surface area (Å²) in [6.45, 7) is 1.31. The molecule has 1 saturated heterocycles. The molecule has 1 atom stereocenters. The third kappa shape index (κ3) is 2.68. The predicted molar refractivity (Wildman–Crippen MR) is 79.7 cm³/mol. The number of carbonyl (C=O) groups is 1. The molecular weight excluding hydrogens is 280 g/mol. The largest absolute Gasteiger partial charge is 0.415 e. The van der Waals surface area contributed by atoms with Gasteiger partial charge in [-0.3, -0.25) is 0 Å². The molecule has 0 N–H and O–H groups in total. The number of amides is 1. The zero-order valence-corrected chi connectivity index (χ0v) is 12.3. The molecule has 1 amide bonds. The second-order valence-electron chi connectivity index (χ2n) is 5.97. The van der Waals surface area contributed by atoms with E-state index in [-0.39, 0.29) is 12.1 Å². The van der Waals surface area contributed by atoms with E-state index >= 15 is 0 Å². The topological polar surface area (TPSA) is 60.2 Å². The van der Waals surface area contributed by atoms with Crippen molar-refractivity contribution in [3.05, 3.63) is 42.2 Å². The highest BCUT2D eigenvalue weighted by Gasteiger charge is 2.31. The normalized spacial score (nSPS) is 21.1. The molecule has 2 aliphatic rings. The molecule has 1 aromatic carbocycles. The minimum atomic E-state index is -0.295. The molecule has 114 valence electrons. The molecule has 1 unspecified atom stereocenters. The van der Waals surface area contributed by atoms with Crippen molar-refractivity contribution in [3.8, 4) is 5.75 Å². The van der Waals surface area contributed by atoms with Gasteiger partial charge in [-0.25, -0.2) is 9.48 Å². The van der Waals surface area contributed by atoms with E-state index in [0.29, 0.717) is 24.8 Å². The summed E-state index contributed by atoms with van der Waals surface area (Å²) in [6, 6.07) is 9.36. The van der Waals surface area contributed by atoms with Crippen molar-refractivity contribution in [2.75, 3.05) is 13.1 Å². The van der Waals surface area contributed by atoms with E-state index in [1.54, 1.807) is 17.0 Å². The molecule has 6 heteroatoms. The van der Waals surface area contributed by atoms with Crippen molar-refractivity contribution in [2.24, 2.45) is 0 Å². The average molecular weight is 298 g/mol. The summed E-state index contributed by atoms with van der Waals surface area (Å²) in [7, 11) is 0. The maximum atomic E-state index is 12.2. The zero-order chi connectivity index (χ0) is 14.9. The lowest BCUT2D eigenvalue weighted by molar-refractivity contribution is 0.161. The van der Waals surface area contributed by atoms with Crippen LogP contribution in [0.5, 0.6) is 5.75 Å². The number of aromatic nitrogens is 3. The third-order valence-corrected chi connectivity index (χ3v) is 4.27. The third-order valence-electron chi connectivity index (χ3n) is 4.27. The molecule has 0 spiro atoms. The molecule has 0 radical (unpaired) electrons. The van der Waals surface area contributed by atoms with Crippen LogP contribution in [0.2, 0.25) is 0 Å². The molecule has 2 fully saturated rings. The van der Waals surface area contributed by atoms with Crippen LogP contribution >= 0.6 is 0 Å². The first-order chi connectivity index (χ1) is 10.8. The summed E-state index contributed by atoms with van der Waals surface area (Å²) in [6.07, 6.45) is 5.07. The van der Waals surface area contributed by atoms with Crippen LogP contribution in [-0.4, -0.2) is 39.1 Å².